The van der Waals surface area contributed by atoms with Gasteiger partial charge in [0.25, 0.3) is 0 Å². The number of aromatic nitrogens is 3. The molecule has 0 amide bonds. The predicted molar refractivity (Wildman–Crippen MR) is 90.4 cm³/mol. The number of anilines is 1. The Morgan fingerprint density at radius 2 is 2.15 bits per heavy atom. The highest BCUT2D eigenvalue weighted by atomic mass is 127. The van der Waals surface area contributed by atoms with Crippen molar-refractivity contribution in [3.05, 3.63) is 40.2 Å². The standard InChI is InChI=1S/C15H15IN4/c1-2-7-20-14-5-6-18-9-13(14)19-15(20)11-8-10(16)3-4-12(11)17/h3-6,8-9H,2,7,17H2,1H3. The molecule has 0 aliphatic heterocycles. The molecule has 0 aliphatic rings. The van der Waals surface area contributed by atoms with Crippen LogP contribution in [0.4, 0.5) is 5.69 Å². The van der Waals surface area contributed by atoms with E-state index in [1.54, 1.807) is 12.4 Å². The highest BCUT2D eigenvalue weighted by Gasteiger charge is 2.14. The fourth-order valence-electron chi connectivity index (χ4n) is 2.36. The van der Waals surface area contributed by atoms with Gasteiger partial charge in [-0.25, -0.2) is 4.98 Å². The monoisotopic (exact) mass is 378 g/mol. The molecule has 0 saturated carbocycles. The first-order valence-corrected chi connectivity index (χ1v) is 7.64. The van der Waals surface area contributed by atoms with Crippen LogP contribution in [0.1, 0.15) is 13.3 Å². The molecular formula is C15H15IN4. The number of rotatable bonds is 3. The summed E-state index contributed by atoms with van der Waals surface area (Å²) in [6.45, 7) is 3.08. The summed E-state index contributed by atoms with van der Waals surface area (Å²) < 4.78 is 3.37. The van der Waals surface area contributed by atoms with Crippen molar-refractivity contribution in [2.75, 3.05) is 5.73 Å². The minimum atomic E-state index is 0.756. The van der Waals surface area contributed by atoms with Gasteiger partial charge in [0, 0.05) is 27.6 Å². The molecule has 3 aromatic rings. The topological polar surface area (TPSA) is 56.7 Å². The Labute approximate surface area is 131 Å². The van der Waals surface area contributed by atoms with Crippen LogP contribution in [0.3, 0.4) is 0 Å². The molecule has 1 aromatic carbocycles. The van der Waals surface area contributed by atoms with Crippen molar-refractivity contribution in [2.45, 2.75) is 19.9 Å². The predicted octanol–water partition coefficient (Wildman–Crippen LogP) is 3.70. The van der Waals surface area contributed by atoms with Gasteiger partial charge in [-0.15, -0.1) is 0 Å². The molecule has 2 N–H and O–H groups in total. The van der Waals surface area contributed by atoms with Crippen LogP contribution in [0.5, 0.6) is 0 Å². The van der Waals surface area contributed by atoms with E-state index >= 15 is 0 Å². The lowest BCUT2D eigenvalue weighted by molar-refractivity contribution is 0.704. The molecule has 2 aromatic heterocycles. The van der Waals surface area contributed by atoms with Crippen molar-refractivity contribution in [3.8, 4) is 11.4 Å². The first-order chi connectivity index (χ1) is 9.70. The summed E-state index contributed by atoms with van der Waals surface area (Å²) in [5.74, 6) is 0.922. The van der Waals surface area contributed by atoms with E-state index in [4.69, 9.17) is 10.7 Å². The molecule has 0 atom stereocenters. The zero-order chi connectivity index (χ0) is 14.1. The highest BCUT2D eigenvalue weighted by molar-refractivity contribution is 14.1. The van der Waals surface area contributed by atoms with Crippen LogP contribution in [0.25, 0.3) is 22.4 Å². The van der Waals surface area contributed by atoms with Crippen LogP contribution in [0.15, 0.2) is 36.7 Å². The summed E-state index contributed by atoms with van der Waals surface area (Å²) >= 11 is 2.30. The largest absolute Gasteiger partial charge is 0.398 e. The number of imidazole rings is 1. The molecule has 0 fully saturated rings. The maximum atomic E-state index is 6.14. The van der Waals surface area contributed by atoms with Crippen molar-refractivity contribution < 1.29 is 0 Å². The van der Waals surface area contributed by atoms with E-state index < -0.39 is 0 Å². The zero-order valence-corrected chi connectivity index (χ0v) is 13.3. The Bertz CT molecular complexity index is 764. The summed E-state index contributed by atoms with van der Waals surface area (Å²) in [6, 6.07) is 8.03. The second-order valence-electron chi connectivity index (χ2n) is 4.68. The van der Waals surface area contributed by atoms with E-state index in [0.29, 0.717) is 0 Å². The van der Waals surface area contributed by atoms with E-state index in [9.17, 15) is 0 Å². The third-order valence-electron chi connectivity index (χ3n) is 3.25. The molecule has 4 nitrogen and oxygen atoms in total. The molecule has 20 heavy (non-hydrogen) atoms. The SMILES string of the molecule is CCCn1c(-c2cc(I)ccc2N)nc2cnccc21. The minimum Gasteiger partial charge on any atom is -0.398 e. The minimum absolute atomic E-state index is 0.756. The maximum absolute atomic E-state index is 6.14. The first kappa shape index (κ1) is 13.4. The van der Waals surface area contributed by atoms with Crippen molar-refractivity contribution in [1.82, 2.24) is 14.5 Å². The third-order valence-corrected chi connectivity index (χ3v) is 3.92. The Morgan fingerprint density at radius 3 is 2.95 bits per heavy atom. The molecular weight excluding hydrogens is 363 g/mol. The van der Waals surface area contributed by atoms with Crippen LogP contribution >= 0.6 is 22.6 Å². The molecule has 2 heterocycles. The summed E-state index contributed by atoms with van der Waals surface area (Å²) in [4.78, 5) is 8.87. The van der Waals surface area contributed by atoms with Gasteiger partial charge in [-0.2, -0.15) is 0 Å². The van der Waals surface area contributed by atoms with Gasteiger partial charge in [0.05, 0.1) is 11.7 Å². The lowest BCUT2D eigenvalue weighted by atomic mass is 10.1. The fraction of sp³-hybridized carbons (Fsp3) is 0.200. The lowest BCUT2D eigenvalue weighted by Crippen LogP contribution is -2.02. The molecule has 3 rings (SSSR count). The van der Waals surface area contributed by atoms with Crippen molar-refractivity contribution in [1.29, 1.82) is 0 Å². The summed E-state index contributed by atoms with van der Waals surface area (Å²) in [7, 11) is 0. The number of halogens is 1. The molecule has 102 valence electrons. The molecule has 0 radical (unpaired) electrons. The first-order valence-electron chi connectivity index (χ1n) is 6.56. The zero-order valence-electron chi connectivity index (χ0n) is 11.2. The van der Waals surface area contributed by atoms with E-state index in [0.717, 1.165) is 44.6 Å². The number of pyridine rings is 1. The maximum Gasteiger partial charge on any atom is 0.143 e. The van der Waals surface area contributed by atoms with E-state index in [2.05, 4.69) is 45.1 Å². The number of nitrogens with zero attached hydrogens (tertiary/aromatic N) is 3. The smallest absolute Gasteiger partial charge is 0.143 e. The number of nitrogen functional groups attached to an aromatic ring is 1. The van der Waals surface area contributed by atoms with Crippen LogP contribution in [0.2, 0.25) is 0 Å². The summed E-state index contributed by atoms with van der Waals surface area (Å²) in [5, 5.41) is 0. The second kappa shape index (κ2) is 5.40. The molecule has 0 spiro atoms. The molecule has 0 bridgehead atoms. The summed E-state index contributed by atoms with van der Waals surface area (Å²) in [6.07, 6.45) is 4.65. The Balaban J connectivity index is 2.29. The van der Waals surface area contributed by atoms with Crippen LogP contribution in [-0.2, 0) is 6.54 Å². The Hall–Kier alpha value is -1.63. The molecule has 5 heteroatoms. The van der Waals surface area contributed by atoms with Crippen molar-refractivity contribution in [3.63, 3.8) is 0 Å². The second-order valence-corrected chi connectivity index (χ2v) is 5.93. The normalized spacial score (nSPS) is 11.1. The van der Waals surface area contributed by atoms with Gasteiger partial charge in [-0.1, -0.05) is 6.92 Å². The number of aryl methyl sites for hydroxylation is 1. The highest BCUT2D eigenvalue weighted by Crippen LogP contribution is 2.30. The van der Waals surface area contributed by atoms with Gasteiger partial charge < -0.3 is 10.3 Å². The Morgan fingerprint density at radius 1 is 1.30 bits per heavy atom. The number of hydrogen-bond donors (Lipinski definition) is 1. The third kappa shape index (κ3) is 2.26. The number of hydrogen-bond acceptors (Lipinski definition) is 3. The van der Waals surface area contributed by atoms with Crippen LogP contribution in [0, 0.1) is 3.57 Å². The van der Waals surface area contributed by atoms with E-state index in [-0.39, 0.29) is 0 Å². The molecule has 0 aliphatic carbocycles. The van der Waals surface area contributed by atoms with Gasteiger partial charge in [-0.3, -0.25) is 4.98 Å². The number of nitrogens with two attached hydrogens (primary N) is 1. The number of benzene rings is 1. The number of fused-ring (bicyclic) bond motifs is 1. The summed E-state index contributed by atoms with van der Waals surface area (Å²) in [5.41, 5.74) is 9.90. The molecule has 0 unspecified atom stereocenters. The van der Waals surface area contributed by atoms with E-state index in [1.807, 2.05) is 18.2 Å². The van der Waals surface area contributed by atoms with Crippen LogP contribution < -0.4 is 5.73 Å². The quantitative estimate of drug-likeness (QED) is 0.559. The average Bonchev–Trinajstić information content (AvgIpc) is 2.81. The van der Waals surface area contributed by atoms with E-state index in [1.165, 1.54) is 0 Å². The van der Waals surface area contributed by atoms with Gasteiger partial charge in [0.1, 0.15) is 11.3 Å². The average molecular weight is 378 g/mol. The van der Waals surface area contributed by atoms with Crippen molar-refractivity contribution in [2.24, 2.45) is 0 Å². The van der Waals surface area contributed by atoms with Gasteiger partial charge >= 0.3 is 0 Å². The van der Waals surface area contributed by atoms with Gasteiger partial charge in [-0.05, 0) is 53.3 Å². The van der Waals surface area contributed by atoms with Gasteiger partial charge in [0.2, 0.25) is 0 Å². The Kier molecular flexibility index (Phi) is 3.60. The molecule has 0 saturated heterocycles. The van der Waals surface area contributed by atoms with Gasteiger partial charge in [0.15, 0.2) is 0 Å². The fourth-order valence-corrected chi connectivity index (χ4v) is 2.85. The van der Waals surface area contributed by atoms with Crippen molar-refractivity contribution >= 4 is 39.3 Å². The van der Waals surface area contributed by atoms with Crippen LogP contribution in [-0.4, -0.2) is 14.5 Å². The lowest BCUT2D eigenvalue weighted by Gasteiger charge is -2.10.